The molecule has 0 saturated carbocycles. The number of anilines is 1. The van der Waals surface area contributed by atoms with E-state index in [-0.39, 0.29) is 49.7 Å². The van der Waals surface area contributed by atoms with Crippen LogP contribution >= 0.6 is 0 Å². The van der Waals surface area contributed by atoms with Crippen LogP contribution in [0.2, 0.25) is 0 Å². The number of amides is 3. The zero-order chi connectivity index (χ0) is 49.6. The molecule has 5 aliphatic heterocycles. The quantitative estimate of drug-likeness (QED) is 0.0457. The lowest BCUT2D eigenvalue weighted by atomic mass is 9.65. The summed E-state index contributed by atoms with van der Waals surface area (Å²) in [7, 11) is 0. The number of morpholine rings is 1. The maximum Gasteiger partial charge on any atom is 0.325 e. The molecule has 4 saturated heterocycles. The number of cyclic esters (lactones) is 1. The van der Waals surface area contributed by atoms with Crippen LogP contribution in [0.1, 0.15) is 78.7 Å². The lowest BCUT2D eigenvalue weighted by Crippen LogP contribution is -2.61. The zero-order valence-corrected chi connectivity index (χ0v) is 39.2. The summed E-state index contributed by atoms with van der Waals surface area (Å²) in [6, 6.07) is 34.2. The molecule has 5 aromatic rings. The molecule has 4 fully saturated rings. The van der Waals surface area contributed by atoms with Crippen LogP contribution in [-0.2, 0) is 48.4 Å². The van der Waals surface area contributed by atoms with Crippen molar-refractivity contribution in [2.45, 2.75) is 74.5 Å². The first-order valence-corrected chi connectivity index (χ1v) is 24.0. The summed E-state index contributed by atoms with van der Waals surface area (Å²) >= 11 is 0. The number of carbonyl (C=O) groups is 6. The average Bonchev–Trinajstić information content (AvgIpc) is 4.03. The number of benzene rings is 5. The van der Waals surface area contributed by atoms with Crippen LogP contribution in [0.5, 0.6) is 11.5 Å². The number of ether oxygens (including phenoxy) is 4. The fourth-order valence-corrected chi connectivity index (χ4v) is 11.7. The minimum atomic E-state index is -1.69. The number of rotatable bonds is 14. The van der Waals surface area contributed by atoms with E-state index in [1.807, 2.05) is 97.6 Å². The Labute approximate surface area is 410 Å². The van der Waals surface area contributed by atoms with Gasteiger partial charge >= 0.3 is 17.9 Å². The van der Waals surface area contributed by atoms with Gasteiger partial charge in [0.05, 0.1) is 24.0 Å². The Morgan fingerprint density at radius 1 is 0.775 bits per heavy atom. The Morgan fingerprint density at radius 3 is 2.11 bits per heavy atom. The van der Waals surface area contributed by atoms with Crippen LogP contribution in [0.3, 0.4) is 0 Å². The van der Waals surface area contributed by atoms with Gasteiger partial charge in [-0.05, 0) is 76.9 Å². The molecular weight excluding hydrogens is 905 g/mol. The molecule has 10 atom stereocenters. The lowest BCUT2D eigenvalue weighted by molar-refractivity contribution is -0.180. The highest BCUT2D eigenvalue weighted by molar-refractivity contribution is 6.11. The molecule has 15 heteroatoms. The highest BCUT2D eigenvalue weighted by Gasteiger charge is 2.74. The molecule has 5 aliphatic rings. The molecule has 5 aromatic carbocycles. The third-order valence-electron chi connectivity index (χ3n) is 14.5. The van der Waals surface area contributed by atoms with Crippen LogP contribution in [0.15, 0.2) is 146 Å². The van der Waals surface area contributed by atoms with E-state index in [2.05, 4.69) is 17.2 Å². The highest BCUT2D eigenvalue weighted by Crippen LogP contribution is 2.65. The molecule has 0 radical (unpaired) electrons. The van der Waals surface area contributed by atoms with Crippen molar-refractivity contribution in [2.75, 3.05) is 25.1 Å². The van der Waals surface area contributed by atoms with Crippen LogP contribution < -0.4 is 15.4 Å². The van der Waals surface area contributed by atoms with Crippen molar-refractivity contribution in [2.24, 2.45) is 17.8 Å². The average molecular weight is 959 g/mol. The summed E-state index contributed by atoms with van der Waals surface area (Å²) in [4.78, 5) is 89.4. The van der Waals surface area contributed by atoms with Crippen molar-refractivity contribution in [3.8, 4) is 11.5 Å². The zero-order valence-electron chi connectivity index (χ0n) is 39.2. The normalized spacial score (nSPS) is 27.5. The highest BCUT2D eigenvalue weighted by atomic mass is 16.6. The number of piperazine rings is 1. The number of para-hydroxylation sites is 1. The van der Waals surface area contributed by atoms with Crippen LogP contribution in [0.4, 0.5) is 5.69 Å². The predicted molar refractivity (Wildman–Crippen MR) is 258 cm³/mol. The second-order valence-corrected chi connectivity index (χ2v) is 19.1. The van der Waals surface area contributed by atoms with E-state index in [1.54, 1.807) is 42.5 Å². The van der Waals surface area contributed by atoms with Gasteiger partial charge in [0.1, 0.15) is 66.9 Å². The minimum Gasteiger partial charge on any atom is -0.508 e. The maximum atomic E-state index is 15.1. The summed E-state index contributed by atoms with van der Waals surface area (Å²) in [5.74, 6) is -4.76. The molecule has 0 aromatic heterocycles. The fourth-order valence-electron chi connectivity index (χ4n) is 11.7. The first-order chi connectivity index (χ1) is 34.4. The van der Waals surface area contributed by atoms with Gasteiger partial charge in [0.15, 0.2) is 0 Å². The van der Waals surface area contributed by atoms with Gasteiger partial charge in [0, 0.05) is 5.69 Å². The number of carbonyl (C=O) groups excluding carboxylic acids is 6. The molecule has 5 heterocycles. The van der Waals surface area contributed by atoms with E-state index in [9.17, 15) is 29.1 Å². The topological polar surface area (TPSA) is 190 Å². The number of hydrogen-bond acceptors (Lipinski definition) is 12. The van der Waals surface area contributed by atoms with Gasteiger partial charge < -0.3 is 39.6 Å². The van der Waals surface area contributed by atoms with Gasteiger partial charge in [-0.3, -0.25) is 33.7 Å². The molecule has 0 bridgehead atoms. The molecule has 10 rings (SSSR count). The van der Waals surface area contributed by atoms with Crippen LogP contribution in [0, 0.1) is 17.8 Å². The molecule has 1 spiro atoms. The van der Waals surface area contributed by atoms with Gasteiger partial charge in [-0.15, -0.1) is 0 Å². The molecule has 0 aliphatic carbocycles. The van der Waals surface area contributed by atoms with E-state index in [1.165, 1.54) is 23.1 Å². The van der Waals surface area contributed by atoms with E-state index >= 15 is 4.79 Å². The van der Waals surface area contributed by atoms with Crippen molar-refractivity contribution in [1.82, 2.24) is 15.1 Å². The standard InChI is InChI=1S/C56H54N4O11/c1-4-27-69-53(65)44-47-54(66)71-48(35-15-9-6-10-16-35)46(33-13-7-5-8-14-33)60(47)49(56(44)40-17-11-12-18-41(40)58-55(56)67)36-21-25-38(26-22-36)68-28-29-70-52(64)39-31-43-50(62)57-42(30-32(2)3)51(63)59(43)45(39)34-19-23-37(61)24-20-34/h4-26,32,39,42-49,61H,1,27-31H2,2-3H3,(H,57,62)(H,58,67)/t39-,42+,43-,44-,45-,46-,47-,48+,49+,56-/m1/s1. The van der Waals surface area contributed by atoms with Crippen molar-refractivity contribution >= 4 is 41.3 Å². The smallest absolute Gasteiger partial charge is 0.325 e. The Kier molecular flexibility index (Phi) is 12.7. The largest absolute Gasteiger partial charge is 0.508 e. The Balaban J connectivity index is 0.955. The number of aromatic hydroxyl groups is 1. The number of esters is 3. The second-order valence-electron chi connectivity index (χ2n) is 19.1. The molecule has 3 amide bonds. The SMILES string of the molecule is C=CCOC(=O)[C@H]1[C@@H]2C(=O)O[C@@H](c3ccccc3)[C@@H](c3ccccc3)N2[C@@H](c2ccc(OCCOC(=O)[C@@H]3C[C@@H]4C(=O)N[C@@H](CC(C)C)C(=O)N4[C@@H]3c3ccc(O)cc3)cc2)[C@]12C(=O)Nc1ccccc12. The van der Waals surface area contributed by atoms with E-state index < -0.39 is 83.4 Å². The first kappa shape index (κ1) is 46.9. The Hall–Kier alpha value is -7.78. The summed E-state index contributed by atoms with van der Waals surface area (Å²) in [6.45, 7) is 7.31. The number of hydrogen-bond donors (Lipinski definition) is 3. The summed E-state index contributed by atoms with van der Waals surface area (Å²) in [6.07, 6.45) is 1.10. The molecule has 0 unspecified atom stereocenters. The van der Waals surface area contributed by atoms with E-state index in [0.29, 0.717) is 34.5 Å². The number of fused-ring (bicyclic) bond motifs is 4. The second kappa shape index (κ2) is 19.2. The molecule has 71 heavy (non-hydrogen) atoms. The number of phenolic OH excluding ortho intramolecular Hbond substituents is 1. The third kappa shape index (κ3) is 8.17. The predicted octanol–water partition coefficient (Wildman–Crippen LogP) is 6.82. The van der Waals surface area contributed by atoms with Gasteiger partial charge in [0.2, 0.25) is 17.7 Å². The summed E-state index contributed by atoms with van der Waals surface area (Å²) in [5.41, 5.74) is 2.08. The fraction of sp³-hybridized carbons (Fsp3) is 0.321. The van der Waals surface area contributed by atoms with Crippen molar-refractivity contribution < 1.29 is 52.8 Å². The van der Waals surface area contributed by atoms with Crippen molar-refractivity contribution in [3.05, 3.63) is 174 Å². The molecule has 364 valence electrons. The van der Waals surface area contributed by atoms with Crippen molar-refractivity contribution in [1.29, 1.82) is 0 Å². The first-order valence-electron chi connectivity index (χ1n) is 24.0. The van der Waals surface area contributed by atoms with Crippen molar-refractivity contribution in [3.63, 3.8) is 0 Å². The number of nitrogens with one attached hydrogen (secondary N) is 2. The molecular formula is C56H54N4O11. The number of phenols is 1. The molecule has 3 N–H and O–H groups in total. The minimum absolute atomic E-state index is 0.0201. The Morgan fingerprint density at radius 2 is 1.42 bits per heavy atom. The Bertz CT molecular complexity index is 2860. The third-order valence-corrected chi connectivity index (χ3v) is 14.5. The molecule has 15 nitrogen and oxygen atoms in total. The maximum absolute atomic E-state index is 15.1. The van der Waals surface area contributed by atoms with E-state index in [4.69, 9.17) is 18.9 Å². The van der Waals surface area contributed by atoms with Gasteiger partial charge in [0.25, 0.3) is 0 Å². The van der Waals surface area contributed by atoms with E-state index in [0.717, 1.165) is 11.1 Å². The monoisotopic (exact) mass is 958 g/mol. The summed E-state index contributed by atoms with van der Waals surface area (Å²) < 4.78 is 24.2. The summed E-state index contributed by atoms with van der Waals surface area (Å²) in [5, 5.41) is 16.0. The van der Waals surface area contributed by atoms with Gasteiger partial charge in [-0.1, -0.05) is 130 Å². The van der Waals surface area contributed by atoms with Gasteiger partial charge in [-0.2, -0.15) is 0 Å². The van der Waals surface area contributed by atoms with Crippen LogP contribution in [0.25, 0.3) is 0 Å². The number of nitrogens with zero attached hydrogens (tertiary/aromatic N) is 2. The van der Waals surface area contributed by atoms with Gasteiger partial charge in [-0.25, -0.2) is 0 Å². The van der Waals surface area contributed by atoms with Crippen LogP contribution in [-0.4, -0.2) is 88.5 Å². The lowest BCUT2D eigenvalue weighted by Gasteiger charge is -2.46.